The Labute approximate surface area is 110 Å². The summed E-state index contributed by atoms with van der Waals surface area (Å²) in [5.74, 6) is -0.0413. The molecule has 1 aliphatic rings. The highest BCUT2D eigenvalue weighted by Crippen LogP contribution is 2.26. The van der Waals surface area contributed by atoms with E-state index in [2.05, 4.69) is 14.7 Å². The molecular weight excluding hydrogens is 256 g/mol. The number of halogens is 1. The predicted octanol–water partition coefficient (Wildman–Crippen LogP) is 1.49. The van der Waals surface area contributed by atoms with E-state index in [4.69, 9.17) is 17.3 Å². The maximum Gasteiger partial charge on any atom is 0.360 e. The Morgan fingerprint density at radius 1 is 1.33 bits per heavy atom. The lowest BCUT2D eigenvalue weighted by molar-refractivity contribution is 0.0595. The number of hydrogen-bond acceptors (Lipinski definition) is 6. The highest BCUT2D eigenvalue weighted by molar-refractivity contribution is 6.32. The van der Waals surface area contributed by atoms with Crippen LogP contribution in [0.4, 0.5) is 11.6 Å². The summed E-state index contributed by atoms with van der Waals surface area (Å²) in [6, 6.07) is 0. The summed E-state index contributed by atoms with van der Waals surface area (Å²) in [6.07, 6.45) is 3.39. The maximum absolute atomic E-state index is 11.4. The van der Waals surface area contributed by atoms with E-state index in [1.54, 1.807) is 0 Å². The zero-order valence-electron chi connectivity index (χ0n) is 10.1. The molecule has 0 radical (unpaired) electrons. The number of rotatable bonds is 2. The van der Waals surface area contributed by atoms with Crippen molar-refractivity contribution in [1.29, 1.82) is 0 Å². The maximum atomic E-state index is 11.4. The second kappa shape index (κ2) is 5.39. The minimum atomic E-state index is -0.632. The summed E-state index contributed by atoms with van der Waals surface area (Å²) in [5.41, 5.74) is 5.68. The lowest BCUT2D eigenvalue weighted by Crippen LogP contribution is -2.31. The molecular formula is C11H15ClN4O2. The predicted molar refractivity (Wildman–Crippen MR) is 68.9 cm³/mol. The van der Waals surface area contributed by atoms with Gasteiger partial charge < -0.3 is 15.4 Å². The summed E-state index contributed by atoms with van der Waals surface area (Å²) >= 11 is 6.06. The number of carbonyl (C=O) groups is 1. The summed E-state index contributed by atoms with van der Waals surface area (Å²) in [5, 5.41) is 0.187. The van der Waals surface area contributed by atoms with Gasteiger partial charge >= 0.3 is 5.97 Å². The first-order valence-electron chi connectivity index (χ1n) is 5.79. The van der Waals surface area contributed by atoms with Crippen LogP contribution in [0, 0.1) is 0 Å². The second-order valence-electron chi connectivity index (χ2n) is 4.11. The molecule has 0 amide bonds. The fourth-order valence-corrected chi connectivity index (χ4v) is 2.22. The average Bonchev–Trinajstić information content (AvgIpc) is 2.41. The van der Waals surface area contributed by atoms with Gasteiger partial charge in [0.25, 0.3) is 0 Å². The van der Waals surface area contributed by atoms with Crippen LogP contribution in [0.2, 0.25) is 5.15 Å². The van der Waals surface area contributed by atoms with E-state index in [0.29, 0.717) is 5.82 Å². The van der Waals surface area contributed by atoms with Crippen LogP contribution >= 0.6 is 11.6 Å². The summed E-state index contributed by atoms with van der Waals surface area (Å²) < 4.78 is 4.56. The van der Waals surface area contributed by atoms with Crippen molar-refractivity contribution in [3.05, 3.63) is 10.8 Å². The first-order valence-corrected chi connectivity index (χ1v) is 6.17. The lowest BCUT2D eigenvalue weighted by Gasteiger charge is -2.28. The van der Waals surface area contributed by atoms with Gasteiger partial charge in [-0.1, -0.05) is 11.6 Å². The van der Waals surface area contributed by atoms with Crippen molar-refractivity contribution in [3.63, 3.8) is 0 Å². The number of nitrogens with zero attached hydrogens (tertiary/aromatic N) is 3. The van der Waals surface area contributed by atoms with Crippen LogP contribution in [0.15, 0.2) is 0 Å². The Hall–Kier alpha value is -1.56. The van der Waals surface area contributed by atoms with Gasteiger partial charge in [0.1, 0.15) is 0 Å². The number of nitrogen functional groups attached to an aromatic ring is 1. The van der Waals surface area contributed by atoms with Crippen LogP contribution in [0.3, 0.4) is 0 Å². The van der Waals surface area contributed by atoms with Gasteiger partial charge in [-0.25, -0.2) is 14.8 Å². The third-order valence-corrected chi connectivity index (χ3v) is 3.15. The summed E-state index contributed by atoms with van der Waals surface area (Å²) in [7, 11) is 1.26. The average molecular weight is 271 g/mol. The second-order valence-corrected chi connectivity index (χ2v) is 4.47. The molecule has 1 saturated heterocycles. The van der Waals surface area contributed by atoms with Crippen LogP contribution in [0.5, 0.6) is 0 Å². The smallest absolute Gasteiger partial charge is 0.360 e. The van der Waals surface area contributed by atoms with Gasteiger partial charge in [0.15, 0.2) is 22.5 Å². The molecule has 0 spiro atoms. The third kappa shape index (κ3) is 2.48. The molecule has 0 saturated carbocycles. The van der Waals surface area contributed by atoms with Crippen molar-refractivity contribution in [2.24, 2.45) is 0 Å². The molecule has 98 valence electrons. The quantitative estimate of drug-likeness (QED) is 0.820. The number of ether oxygens (including phenoxy) is 1. The van der Waals surface area contributed by atoms with Crippen molar-refractivity contribution in [2.45, 2.75) is 19.3 Å². The van der Waals surface area contributed by atoms with Gasteiger partial charge in [-0.15, -0.1) is 0 Å². The van der Waals surface area contributed by atoms with E-state index in [1.165, 1.54) is 13.5 Å². The van der Waals surface area contributed by atoms with Gasteiger partial charge in [-0.05, 0) is 19.3 Å². The number of piperidine rings is 1. The Bertz CT molecular complexity index is 461. The van der Waals surface area contributed by atoms with E-state index in [1.807, 2.05) is 4.90 Å². The van der Waals surface area contributed by atoms with Crippen molar-refractivity contribution >= 4 is 29.2 Å². The summed E-state index contributed by atoms with van der Waals surface area (Å²) in [6.45, 7) is 1.76. The topological polar surface area (TPSA) is 81.3 Å². The zero-order valence-corrected chi connectivity index (χ0v) is 10.9. The first kappa shape index (κ1) is 12.9. The normalized spacial score (nSPS) is 15.6. The van der Waals surface area contributed by atoms with Crippen molar-refractivity contribution in [2.75, 3.05) is 30.8 Å². The Balaban J connectivity index is 2.33. The SMILES string of the molecule is COC(=O)c1nc(Cl)c(N2CCCCC2)nc1N. The molecule has 1 fully saturated rings. The highest BCUT2D eigenvalue weighted by Gasteiger charge is 2.21. The fourth-order valence-electron chi connectivity index (χ4n) is 1.97. The molecule has 0 aliphatic carbocycles. The molecule has 0 bridgehead atoms. The zero-order chi connectivity index (χ0) is 13.1. The van der Waals surface area contributed by atoms with Gasteiger partial charge in [0.05, 0.1) is 7.11 Å². The monoisotopic (exact) mass is 270 g/mol. The molecule has 0 atom stereocenters. The van der Waals surface area contributed by atoms with Gasteiger partial charge in [-0.2, -0.15) is 0 Å². The van der Waals surface area contributed by atoms with Crippen LogP contribution in [-0.4, -0.2) is 36.1 Å². The molecule has 1 aliphatic heterocycles. The number of anilines is 2. The van der Waals surface area contributed by atoms with E-state index < -0.39 is 5.97 Å². The number of esters is 1. The highest BCUT2D eigenvalue weighted by atomic mass is 35.5. The van der Waals surface area contributed by atoms with Gasteiger partial charge in [0, 0.05) is 13.1 Å². The van der Waals surface area contributed by atoms with E-state index in [9.17, 15) is 4.79 Å². The fraction of sp³-hybridized carbons (Fsp3) is 0.545. The van der Waals surface area contributed by atoms with Crippen LogP contribution in [0.1, 0.15) is 29.8 Å². The largest absolute Gasteiger partial charge is 0.464 e. The number of carbonyl (C=O) groups excluding carboxylic acids is 1. The lowest BCUT2D eigenvalue weighted by atomic mass is 10.1. The molecule has 0 unspecified atom stereocenters. The van der Waals surface area contributed by atoms with Crippen molar-refractivity contribution in [3.8, 4) is 0 Å². The molecule has 7 heteroatoms. The van der Waals surface area contributed by atoms with Gasteiger partial charge in [0.2, 0.25) is 0 Å². The molecule has 6 nitrogen and oxygen atoms in total. The Kier molecular flexibility index (Phi) is 3.86. The van der Waals surface area contributed by atoms with Crippen molar-refractivity contribution in [1.82, 2.24) is 9.97 Å². The van der Waals surface area contributed by atoms with Crippen LogP contribution in [0.25, 0.3) is 0 Å². The first-order chi connectivity index (χ1) is 8.63. The van der Waals surface area contributed by atoms with Gasteiger partial charge in [-0.3, -0.25) is 0 Å². The van der Waals surface area contributed by atoms with Crippen LogP contribution in [-0.2, 0) is 4.74 Å². The van der Waals surface area contributed by atoms with E-state index in [-0.39, 0.29) is 16.7 Å². The molecule has 2 heterocycles. The molecule has 1 aromatic heterocycles. The van der Waals surface area contributed by atoms with Crippen molar-refractivity contribution < 1.29 is 9.53 Å². The minimum absolute atomic E-state index is 0.0386. The molecule has 2 rings (SSSR count). The number of hydrogen-bond donors (Lipinski definition) is 1. The van der Waals surface area contributed by atoms with E-state index >= 15 is 0 Å². The standard InChI is InChI=1S/C11H15ClN4O2/c1-18-11(17)7-9(13)15-10(8(12)14-7)16-5-3-2-4-6-16/h2-6H2,1H3,(H2,13,15). The molecule has 1 aromatic rings. The molecule has 0 aromatic carbocycles. The number of aromatic nitrogens is 2. The number of methoxy groups -OCH3 is 1. The van der Waals surface area contributed by atoms with E-state index in [0.717, 1.165) is 25.9 Å². The Morgan fingerprint density at radius 3 is 2.61 bits per heavy atom. The summed E-state index contributed by atoms with van der Waals surface area (Å²) in [4.78, 5) is 21.6. The number of nitrogens with two attached hydrogens (primary N) is 1. The Morgan fingerprint density at radius 2 is 2.00 bits per heavy atom. The minimum Gasteiger partial charge on any atom is -0.464 e. The third-order valence-electron chi connectivity index (χ3n) is 2.90. The molecule has 18 heavy (non-hydrogen) atoms. The molecule has 2 N–H and O–H groups in total. The van der Waals surface area contributed by atoms with Crippen LogP contribution < -0.4 is 10.6 Å².